The van der Waals surface area contributed by atoms with Gasteiger partial charge in [0.15, 0.2) is 5.82 Å². The van der Waals surface area contributed by atoms with E-state index in [9.17, 15) is 0 Å². The van der Waals surface area contributed by atoms with Crippen molar-refractivity contribution < 1.29 is 0 Å². The lowest BCUT2D eigenvalue weighted by Gasteiger charge is -2.06. The van der Waals surface area contributed by atoms with Gasteiger partial charge in [-0.1, -0.05) is 23.4 Å². The minimum absolute atomic E-state index is 0.443. The van der Waals surface area contributed by atoms with Gasteiger partial charge in [-0.3, -0.25) is 4.98 Å². The Morgan fingerprint density at radius 1 is 1.18 bits per heavy atom. The summed E-state index contributed by atoms with van der Waals surface area (Å²) >= 11 is 0. The summed E-state index contributed by atoms with van der Waals surface area (Å²) in [5.41, 5.74) is 8.31. The minimum atomic E-state index is 0.443. The molecule has 0 spiro atoms. The first kappa shape index (κ1) is 9.77. The van der Waals surface area contributed by atoms with Crippen LogP contribution in [0.2, 0.25) is 0 Å². The number of fused-ring (bicyclic) bond motifs is 1. The van der Waals surface area contributed by atoms with Crippen molar-refractivity contribution in [2.45, 2.75) is 6.92 Å². The predicted molar refractivity (Wildman–Crippen MR) is 65.8 cm³/mol. The van der Waals surface area contributed by atoms with Crippen molar-refractivity contribution in [3.8, 4) is 5.69 Å². The fraction of sp³-hybridized carbons (Fsp3) is 0.0833. The van der Waals surface area contributed by atoms with Gasteiger partial charge < -0.3 is 5.73 Å². The summed E-state index contributed by atoms with van der Waals surface area (Å²) in [6.45, 7) is 1.89. The van der Waals surface area contributed by atoms with E-state index in [1.165, 1.54) is 0 Å². The van der Waals surface area contributed by atoms with Crippen LogP contribution in [0.25, 0.3) is 16.6 Å². The molecule has 5 heteroatoms. The van der Waals surface area contributed by atoms with Gasteiger partial charge in [0.2, 0.25) is 0 Å². The molecule has 1 aromatic carbocycles. The molecular formula is C12H11N5. The average Bonchev–Trinajstić information content (AvgIpc) is 2.69. The van der Waals surface area contributed by atoms with Crippen molar-refractivity contribution in [1.29, 1.82) is 0 Å². The van der Waals surface area contributed by atoms with Gasteiger partial charge >= 0.3 is 0 Å². The Balaban J connectivity index is 2.34. The van der Waals surface area contributed by atoms with Crippen LogP contribution in [0.4, 0.5) is 5.82 Å². The second-order valence-electron chi connectivity index (χ2n) is 3.82. The molecule has 3 rings (SSSR count). The topological polar surface area (TPSA) is 69.6 Å². The van der Waals surface area contributed by atoms with Crippen molar-refractivity contribution in [2.75, 3.05) is 5.73 Å². The number of hydrogen-bond acceptors (Lipinski definition) is 4. The molecule has 0 fully saturated rings. The number of pyridine rings is 1. The highest BCUT2D eigenvalue weighted by molar-refractivity contribution is 5.86. The van der Waals surface area contributed by atoms with Crippen LogP contribution in [0.15, 0.2) is 36.5 Å². The molecule has 0 atom stereocenters. The first-order valence-electron chi connectivity index (χ1n) is 5.29. The summed E-state index contributed by atoms with van der Waals surface area (Å²) in [7, 11) is 0. The summed E-state index contributed by atoms with van der Waals surface area (Å²) in [5, 5.41) is 8.97. The van der Waals surface area contributed by atoms with E-state index in [1.807, 2.05) is 37.3 Å². The summed E-state index contributed by atoms with van der Waals surface area (Å²) in [6.07, 6.45) is 1.77. The first-order valence-corrected chi connectivity index (χ1v) is 5.29. The van der Waals surface area contributed by atoms with Gasteiger partial charge in [0.25, 0.3) is 0 Å². The van der Waals surface area contributed by atoms with Crippen LogP contribution in [-0.2, 0) is 0 Å². The number of anilines is 1. The molecular weight excluding hydrogens is 214 g/mol. The Morgan fingerprint density at radius 2 is 2.00 bits per heavy atom. The standard InChI is InChI=1S/C12H11N5/c1-8-12(13)15-16-17(8)10-6-2-4-9-5-3-7-14-11(9)10/h2-7H,13H2,1H3. The predicted octanol–water partition coefficient (Wildman–Crippen LogP) is 1.71. The first-order chi connectivity index (χ1) is 8.27. The zero-order valence-corrected chi connectivity index (χ0v) is 9.33. The monoisotopic (exact) mass is 225 g/mol. The number of nitrogens with two attached hydrogens (primary N) is 1. The average molecular weight is 225 g/mol. The molecule has 2 aromatic heterocycles. The third-order valence-electron chi connectivity index (χ3n) is 2.77. The van der Waals surface area contributed by atoms with E-state index < -0.39 is 0 Å². The van der Waals surface area contributed by atoms with Gasteiger partial charge in [-0.25, -0.2) is 4.68 Å². The van der Waals surface area contributed by atoms with Gasteiger partial charge in [-0.05, 0) is 19.1 Å². The Labute approximate surface area is 97.9 Å². The van der Waals surface area contributed by atoms with Crippen LogP contribution >= 0.6 is 0 Å². The molecule has 17 heavy (non-hydrogen) atoms. The van der Waals surface area contributed by atoms with E-state index in [2.05, 4.69) is 15.3 Å². The van der Waals surface area contributed by atoms with Gasteiger partial charge in [0.05, 0.1) is 16.9 Å². The fourth-order valence-corrected chi connectivity index (χ4v) is 1.83. The van der Waals surface area contributed by atoms with E-state index in [0.29, 0.717) is 5.82 Å². The molecule has 0 aliphatic carbocycles. The van der Waals surface area contributed by atoms with Gasteiger partial charge in [0.1, 0.15) is 0 Å². The van der Waals surface area contributed by atoms with Crippen LogP contribution in [0.5, 0.6) is 0 Å². The number of para-hydroxylation sites is 1. The maximum atomic E-state index is 5.71. The largest absolute Gasteiger partial charge is 0.381 e. The number of nitrogens with zero attached hydrogens (tertiary/aromatic N) is 4. The maximum absolute atomic E-state index is 5.71. The molecule has 0 aliphatic heterocycles. The van der Waals surface area contributed by atoms with Gasteiger partial charge in [0, 0.05) is 11.6 Å². The van der Waals surface area contributed by atoms with Crippen LogP contribution < -0.4 is 5.73 Å². The quantitative estimate of drug-likeness (QED) is 0.684. The molecule has 2 heterocycles. The molecule has 0 unspecified atom stereocenters. The summed E-state index contributed by atoms with van der Waals surface area (Å²) < 4.78 is 1.71. The molecule has 0 saturated heterocycles. The second-order valence-corrected chi connectivity index (χ2v) is 3.82. The van der Waals surface area contributed by atoms with E-state index in [0.717, 1.165) is 22.3 Å². The van der Waals surface area contributed by atoms with Crippen LogP contribution in [0.1, 0.15) is 5.69 Å². The lowest BCUT2D eigenvalue weighted by molar-refractivity contribution is 0.789. The van der Waals surface area contributed by atoms with Crippen molar-refractivity contribution in [3.05, 3.63) is 42.2 Å². The highest BCUT2D eigenvalue weighted by Gasteiger charge is 2.10. The van der Waals surface area contributed by atoms with Crippen molar-refractivity contribution >= 4 is 16.7 Å². The molecule has 0 aliphatic rings. The van der Waals surface area contributed by atoms with E-state index >= 15 is 0 Å². The molecule has 3 aromatic rings. The molecule has 0 radical (unpaired) electrons. The highest BCUT2D eigenvalue weighted by atomic mass is 15.4. The van der Waals surface area contributed by atoms with Crippen molar-refractivity contribution in [2.24, 2.45) is 0 Å². The van der Waals surface area contributed by atoms with Gasteiger partial charge in [-0.2, -0.15) is 0 Å². The van der Waals surface area contributed by atoms with Crippen LogP contribution in [0.3, 0.4) is 0 Å². The number of rotatable bonds is 1. The second kappa shape index (κ2) is 3.55. The Bertz CT molecular complexity index is 681. The van der Waals surface area contributed by atoms with E-state index in [-0.39, 0.29) is 0 Å². The summed E-state index contributed by atoms with van der Waals surface area (Å²) in [4.78, 5) is 4.38. The summed E-state index contributed by atoms with van der Waals surface area (Å²) in [6, 6.07) is 9.87. The molecule has 5 nitrogen and oxygen atoms in total. The van der Waals surface area contributed by atoms with Crippen LogP contribution in [0, 0.1) is 6.92 Å². The van der Waals surface area contributed by atoms with E-state index in [4.69, 9.17) is 5.73 Å². The van der Waals surface area contributed by atoms with Crippen molar-refractivity contribution in [3.63, 3.8) is 0 Å². The molecule has 0 bridgehead atoms. The Kier molecular flexibility index (Phi) is 2.04. The number of hydrogen-bond donors (Lipinski definition) is 1. The lowest BCUT2D eigenvalue weighted by atomic mass is 10.2. The zero-order chi connectivity index (χ0) is 11.8. The molecule has 0 amide bonds. The smallest absolute Gasteiger partial charge is 0.169 e. The molecule has 0 saturated carbocycles. The minimum Gasteiger partial charge on any atom is -0.381 e. The molecule has 84 valence electrons. The van der Waals surface area contributed by atoms with Crippen molar-refractivity contribution in [1.82, 2.24) is 20.0 Å². The third kappa shape index (κ3) is 1.44. The normalized spacial score (nSPS) is 10.9. The van der Waals surface area contributed by atoms with Gasteiger partial charge in [-0.15, -0.1) is 5.10 Å². The fourth-order valence-electron chi connectivity index (χ4n) is 1.83. The number of aromatic nitrogens is 4. The Hall–Kier alpha value is -2.43. The lowest BCUT2D eigenvalue weighted by Crippen LogP contribution is -2.01. The zero-order valence-electron chi connectivity index (χ0n) is 9.33. The third-order valence-corrected chi connectivity index (χ3v) is 2.77. The highest BCUT2D eigenvalue weighted by Crippen LogP contribution is 2.21. The Morgan fingerprint density at radius 3 is 2.76 bits per heavy atom. The van der Waals surface area contributed by atoms with Crippen LogP contribution in [-0.4, -0.2) is 20.0 Å². The maximum Gasteiger partial charge on any atom is 0.169 e. The summed E-state index contributed by atoms with van der Waals surface area (Å²) in [5.74, 6) is 0.443. The molecule has 2 N–H and O–H groups in total. The van der Waals surface area contributed by atoms with E-state index in [1.54, 1.807) is 10.9 Å². The number of benzene rings is 1. The number of nitrogen functional groups attached to an aromatic ring is 1. The SMILES string of the molecule is Cc1c(N)nnn1-c1cccc2cccnc12.